The lowest BCUT2D eigenvalue weighted by molar-refractivity contribution is -0.134. The average molecular weight is 386 g/mol. The third kappa shape index (κ3) is 3.70. The largest absolute Gasteiger partial charge is 0.466 e. The van der Waals surface area contributed by atoms with E-state index in [1.165, 1.54) is 41.0 Å². The van der Waals surface area contributed by atoms with Gasteiger partial charge in [0.1, 0.15) is 0 Å². The fourth-order valence-corrected chi connectivity index (χ4v) is 4.67. The van der Waals surface area contributed by atoms with E-state index >= 15 is 0 Å². The van der Waals surface area contributed by atoms with Gasteiger partial charge in [-0.15, -0.1) is 6.58 Å². The minimum Gasteiger partial charge on any atom is -0.466 e. The molecule has 2 atom stereocenters. The molecule has 3 nitrogen and oxygen atoms in total. The molecule has 2 aromatic carbocycles. The van der Waals surface area contributed by atoms with Crippen molar-refractivity contribution in [3.63, 3.8) is 0 Å². The smallest absolute Gasteiger partial charge is 0.330 e. The van der Waals surface area contributed by atoms with Crippen LogP contribution in [0.1, 0.15) is 41.6 Å². The molecule has 29 heavy (non-hydrogen) atoms. The molecule has 0 amide bonds. The van der Waals surface area contributed by atoms with Crippen molar-refractivity contribution in [2.75, 3.05) is 13.7 Å². The zero-order chi connectivity index (χ0) is 20.4. The van der Waals surface area contributed by atoms with Gasteiger partial charge >= 0.3 is 5.97 Å². The van der Waals surface area contributed by atoms with E-state index in [0.29, 0.717) is 6.04 Å². The van der Waals surface area contributed by atoms with E-state index in [0.717, 1.165) is 24.9 Å². The van der Waals surface area contributed by atoms with Crippen LogP contribution in [0.5, 0.6) is 0 Å². The predicted octanol–water partition coefficient (Wildman–Crippen LogP) is 5.20. The monoisotopic (exact) mass is 385 g/mol. The average Bonchev–Trinajstić information content (AvgIpc) is 3.11. The molecular formula is C26H27NO2. The molecule has 0 radical (unpaired) electrons. The zero-order valence-electron chi connectivity index (χ0n) is 17.1. The maximum Gasteiger partial charge on any atom is 0.330 e. The van der Waals surface area contributed by atoms with Crippen LogP contribution in [0.15, 0.2) is 72.8 Å². The molecule has 0 saturated heterocycles. The summed E-state index contributed by atoms with van der Waals surface area (Å²) in [5.74, 6) is -0.342. The van der Waals surface area contributed by atoms with Crippen LogP contribution < -0.4 is 0 Å². The van der Waals surface area contributed by atoms with Crippen LogP contribution >= 0.6 is 0 Å². The van der Waals surface area contributed by atoms with Crippen molar-refractivity contribution in [3.05, 3.63) is 95.1 Å². The minimum absolute atomic E-state index is 0.248. The van der Waals surface area contributed by atoms with Crippen molar-refractivity contribution in [1.29, 1.82) is 0 Å². The molecule has 1 heterocycles. The summed E-state index contributed by atoms with van der Waals surface area (Å²) in [6.07, 6.45) is 7.34. The Morgan fingerprint density at radius 3 is 2.69 bits per heavy atom. The first-order valence-electron chi connectivity index (χ1n) is 10.1. The second kappa shape index (κ2) is 8.22. The van der Waals surface area contributed by atoms with Crippen LogP contribution in [0.2, 0.25) is 0 Å². The van der Waals surface area contributed by atoms with Crippen LogP contribution in [-0.2, 0) is 16.0 Å². The van der Waals surface area contributed by atoms with Gasteiger partial charge in [-0.3, -0.25) is 4.90 Å². The second-order valence-electron chi connectivity index (χ2n) is 7.80. The standard InChI is InChI=1S/C26H27NO2/c1-4-15-27-18(2)16-23-22-8-6-5-7-21(22)17-24(23)26(27)20-12-9-19(10-13-20)11-14-25(28)29-3/h4-14,18,26H,1,15-17H2,2-3H3/b14-11+/t18-,26-/m1/s1. The number of benzene rings is 2. The predicted molar refractivity (Wildman–Crippen MR) is 118 cm³/mol. The number of fused-ring (bicyclic) bond motifs is 2. The topological polar surface area (TPSA) is 29.5 Å². The van der Waals surface area contributed by atoms with Crippen molar-refractivity contribution < 1.29 is 9.53 Å². The highest BCUT2D eigenvalue weighted by atomic mass is 16.5. The van der Waals surface area contributed by atoms with Crippen LogP contribution in [0, 0.1) is 0 Å². The Bertz CT molecular complexity index is 984. The summed E-state index contributed by atoms with van der Waals surface area (Å²) in [6.45, 7) is 7.17. The lowest BCUT2D eigenvalue weighted by atomic mass is 9.85. The third-order valence-corrected chi connectivity index (χ3v) is 6.04. The molecule has 1 aliphatic heterocycles. The second-order valence-corrected chi connectivity index (χ2v) is 7.80. The SMILES string of the molecule is C=CCN1[C@H](C)CC2=C(Cc3ccccc32)[C@H]1c1ccc(/C=C/C(=O)OC)cc1. The summed E-state index contributed by atoms with van der Waals surface area (Å²) in [5.41, 5.74) is 8.18. The molecule has 2 aromatic rings. The number of ether oxygens (including phenoxy) is 1. The Balaban J connectivity index is 1.71. The van der Waals surface area contributed by atoms with Gasteiger partial charge in [0.15, 0.2) is 0 Å². The molecule has 4 rings (SSSR count). The van der Waals surface area contributed by atoms with Gasteiger partial charge in [-0.1, -0.05) is 54.6 Å². The highest BCUT2D eigenvalue weighted by Gasteiger charge is 2.38. The Kier molecular flexibility index (Phi) is 5.50. The van der Waals surface area contributed by atoms with E-state index in [2.05, 4.69) is 71.7 Å². The summed E-state index contributed by atoms with van der Waals surface area (Å²) in [4.78, 5) is 13.9. The Morgan fingerprint density at radius 1 is 1.21 bits per heavy atom. The molecule has 0 spiro atoms. The molecule has 2 aliphatic rings. The van der Waals surface area contributed by atoms with Gasteiger partial charge in [-0.05, 0) is 59.2 Å². The molecule has 0 bridgehead atoms. The first-order valence-corrected chi connectivity index (χ1v) is 10.1. The van der Waals surface area contributed by atoms with Crippen molar-refractivity contribution in [1.82, 2.24) is 4.90 Å². The fraction of sp³-hybridized carbons (Fsp3) is 0.269. The summed E-state index contributed by atoms with van der Waals surface area (Å²) in [6, 6.07) is 18.0. The van der Waals surface area contributed by atoms with Gasteiger partial charge in [0.05, 0.1) is 13.2 Å². The maximum absolute atomic E-state index is 11.4. The molecule has 3 heteroatoms. The Labute approximate surface area is 173 Å². The van der Waals surface area contributed by atoms with Crippen LogP contribution in [0.4, 0.5) is 0 Å². The molecule has 0 N–H and O–H groups in total. The van der Waals surface area contributed by atoms with Crippen molar-refractivity contribution in [3.8, 4) is 0 Å². The normalized spacial score (nSPS) is 21.2. The zero-order valence-corrected chi connectivity index (χ0v) is 17.1. The number of carbonyl (C=O) groups excluding carboxylic acids is 1. The highest BCUT2D eigenvalue weighted by Crippen LogP contribution is 2.48. The number of hydrogen-bond donors (Lipinski definition) is 0. The van der Waals surface area contributed by atoms with E-state index in [1.807, 2.05) is 6.08 Å². The Morgan fingerprint density at radius 2 is 1.97 bits per heavy atom. The number of methoxy groups -OCH3 is 1. The van der Waals surface area contributed by atoms with E-state index < -0.39 is 0 Å². The summed E-state index contributed by atoms with van der Waals surface area (Å²) < 4.78 is 4.67. The van der Waals surface area contributed by atoms with Gasteiger partial charge in [-0.2, -0.15) is 0 Å². The number of carbonyl (C=O) groups is 1. The lowest BCUT2D eigenvalue weighted by Gasteiger charge is -2.42. The van der Waals surface area contributed by atoms with Gasteiger partial charge in [-0.25, -0.2) is 4.79 Å². The van der Waals surface area contributed by atoms with Gasteiger partial charge in [0, 0.05) is 18.7 Å². The van der Waals surface area contributed by atoms with Crippen LogP contribution in [0.3, 0.4) is 0 Å². The van der Waals surface area contributed by atoms with Crippen LogP contribution in [-0.4, -0.2) is 30.6 Å². The maximum atomic E-state index is 11.4. The first kappa shape index (κ1) is 19.4. The summed E-state index contributed by atoms with van der Waals surface area (Å²) >= 11 is 0. The number of esters is 1. The summed E-state index contributed by atoms with van der Waals surface area (Å²) in [5, 5.41) is 0. The Hall–Kier alpha value is -2.91. The van der Waals surface area contributed by atoms with Gasteiger partial charge in [0.2, 0.25) is 0 Å². The quantitative estimate of drug-likeness (QED) is 0.402. The highest BCUT2D eigenvalue weighted by molar-refractivity contribution is 5.87. The molecule has 148 valence electrons. The molecule has 0 unspecified atom stereocenters. The number of hydrogen-bond acceptors (Lipinski definition) is 3. The van der Waals surface area contributed by atoms with E-state index in [4.69, 9.17) is 0 Å². The third-order valence-electron chi connectivity index (χ3n) is 6.04. The molecular weight excluding hydrogens is 358 g/mol. The van der Waals surface area contributed by atoms with E-state index in [9.17, 15) is 4.79 Å². The van der Waals surface area contributed by atoms with Crippen molar-refractivity contribution in [2.45, 2.75) is 31.8 Å². The van der Waals surface area contributed by atoms with Gasteiger partial charge in [0.25, 0.3) is 0 Å². The van der Waals surface area contributed by atoms with Gasteiger partial charge < -0.3 is 4.74 Å². The van der Waals surface area contributed by atoms with Crippen LogP contribution in [0.25, 0.3) is 11.6 Å². The van der Waals surface area contributed by atoms with E-state index in [-0.39, 0.29) is 12.0 Å². The molecule has 0 aromatic heterocycles. The molecule has 1 aliphatic carbocycles. The van der Waals surface area contributed by atoms with Crippen molar-refractivity contribution in [2.24, 2.45) is 0 Å². The minimum atomic E-state index is -0.342. The fourth-order valence-electron chi connectivity index (χ4n) is 4.67. The number of rotatable bonds is 5. The first-order chi connectivity index (χ1) is 14.1. The van der Waals surface area contributed by atoms with Crippen molar-refractivity contribution >= 4 is 17.6 Å². The summed E-state index contributed by atoms with van der Waals surface area (Å²) in [7, 11) is 1.39. The molecule has 0 saturated carbocycles. The lowest BCUT2D eigenvalue weighted by Crippen LogP contribution is -2.41. The van der Waals surface area contributed by atoms with E-state index in [1.54, 1.807) is 6.08 Å². The number of nitrogens with zero attached hydrogens (tertiary/aromatic N) is 1. The molecule has 0 fully saturated rings.